The third-order valence-electron chi connectivity index (χ3n) is 4.43. The van der Waals surface area contributed by atoms with Gasteiger partial charge in [-0.3, -0.25) is 4.72 Å². The Labute approximate surface area is 165 Å². The van der Waals surface area contributed by atoms with Gasteiger partial charge in [-0.05, 0) is 65.0 Å². The van der Waals surface area contributed by atoms with E-state index in [-0.39, 0.29) is 9.77 Å². The zero-order valence-corrected chi connectivity index (χ0v) is 17.3. The number of halogens is 1. The van der Waals surface area contributed by atoms with Crippen LogP contribution >= 0.6 is 27.3 Å². The average Bonchev–Trinajstić information content (AvgIpc) is 3.03. The molecule has 0 atom stereocenters. The number of carbonyl (C=O) groups is 1. The first kappa shape index (κ1) is 19.2. The van der Waals surface area contributed by atoms with Crippen molar-refractivity contribution in [2.24, 2.45) is 5.92 Å². The van der Waals surface area contributed by atoms with Crippen LogP contribution in [0.5, 0.6) is 0 Å². The van der Waals surface area contributed by atoms with E-state index in [1.807, 2.05) is 0 Å². The largest absolute Gasteiger partial charge is 0.478 e. The molecule has 2 heterocycles. The zero-order chi connectivity index (χ0) is 18.9. The highest BCUT2D eigenvalue weighted by atomic mass is 79.9. The molecule has 1 aromatic carbocycles. The number of anilines is 2. The number of carboxylic acid groups (broad SMARTS) is 1. The number of thiophene rings is 1. The number of nitrogens with zero attached hydrogens (tertiary/aromatic N) is 1. The highest BCUT2D eigenvalue weighted by Gasteiger charge is 2.23. The minimum absolute atomic E-state index is 0.0455. The second-order valence-corrected chi connectivity index (χ2v) is 10.7. The molecule has 26 heavy (non-hydrogen) atoms. The Balaban J connectivity index is 1.97. The number of sulfonamides is 1. The molecule has 9 heteroatoms. The van der Waals surface area contributed by atoms with Crippen molar-refractivity contribution in [3.05, 3.63) is 39.7 Å². The van der Waals surface area contributed by atoms with Crippen molar-refractivity contribution in [3.8, 4) is 0 Å². The molecular formula is C17H19BrN2O4S2. The molecule has 1 aromatic heterocycles. The zero-order valence-electron chi connectivity index (χ0n) is 14.1. The molecule has 0 spiro atoms. The molecule has 2 N–H and O–H groups in total. The van der Waals surface area contributed by atoms with Crippen LogP contribution in [-0.4, -0.2) is 32.6 Å². The number of aromatic carboxylic acids is 1. The summed E-state index contributed by atoms with van der Waals surface area (Å²) in [6.45, 7) is 3.82. The van der Waals surface area contributed by atoms with E-state index in [0.717, 1.165) is 37.3 Å². The van der Waals surface area contributed by atoms with E-state index < -0.39 is 16.0 Å². The van der Waals surface area contributed by atoms with Crippen LogP contribution in [-0.2, 0) is 10.0 Å². The predicted octanol–water partition coefficient (Wildman–Crippen LogP) is 4.25. The Morgan fingerprint density at radius 1 is 1.27 bits per heavy atom. The van der Waals surface area contributed by atoms with Crippen molar-refractivity contribution in [2.75, 3.05) is 22.7 Å². The molecule has 0 radical (unpaired) electrons. The minimum Gasteiger partial charge on any atom is -0.478 e. The molecule has 140 valence electrons. The van der Waals surface area contributed by atoms with Crippen LogP contribution < -0.4 is 9.62 Å². The van der Waals surface area contributed by atoms with Crippen molar-refractivity contribution in [1.29, 1.82) is 0 Å². The predicted molar refractivity (Wildman–Crippen MR) is 107 cm³/mol. The number of carboxylic acids is 1. The van der Waals surface area contributed by atoms with E-state index in [4.69, 9.17) is 0 Å². The van der Waals surface area contributed by atoms with Crippen LogP contribution in [0.15, 0.2) is 38.3 Å². The second-order valence-electron chi connectivity index (χ2n) is 6.37. The van der Waals surface area contributed by atoms with Gasteiger partial charge in [0.15, 0.2) is 0 Å². The molecule has 2 aromatic rings. The molecule has 1 fully saturated rings. The van der Waals surface area contributed by atoms with E-state index in [1.54, 1.807) is 12.1 Å². The quantitative estimate of drug-likeness (QED) is 0.699. The molecule has 3 rings (SSSR count). The van der Waals surface area contributed by atoms with Crippen LogP contribution in [0.25, 0.3) is 0 Å². The highest BCUT2D eigenvalue weighted by molar-refractivity contribution is 9.11. The number of benzene rings is 1. The third-order valence-corrected chi connectivity index (χ3v) is 7.91. The summed E-state index contributed by atoms with van der Waals surface area (Å²) >= 11 is 4.37. The molecule has 1 aliphatic rings. The SMILES string of the molecule is CC1CCN(c2ccc(C(=O)O)cc2NS(=O)(=O)c2ccc(Br)s2)CC1. The Morgan fingerprint density at radius 2 is 1.96 bits per heavy atom. The van der Waals surface area contributed by atoms with Gasteiger partial charge in [-0.2, -0.15) is 0 Å². The molecule has 0 amide bonds. The highest BCUT2D eigenvalue weighted by Crippen LogP contribution is 2.34. The number of nitrogens with one attached hydrogen (secondary N) is 1. The van der Waals surface area contributed by atoms with Gasteiger partial charge < -0.3 is 10.0 Å². The molecule has 0 saturated carbocycles. The second kappa shape index (κ2) is 7.58. The standard InChI is InChI=1S/C17H19BrN2O4S2/c1-11-6-8-20(9-7-11)14-3-2-12(17(21)22)10-13(14)19-26(23,24)16-5-4-15(18)25-16/h2-5,10-11,19H,6-9H2,1H3,(H,21,22). The van der Waals surface area contributed by atoms with Gasteiger partial charge in [0.2, 0.25) is 0 Å². The van der Waals surface area contributed by atoms with Crippen molar-refractivity contribution in [1.82, 2.24) is 0 Å². The topological polar surface area (TPSA) is 86.7 Å². The maximum absolute atomic E-state index is 12.7. The van der Waals surface area contributed by atoms with Crippen LogP contribution in [0, 0.1) is 5.92 Å². The average molecular weight is 459 g/mol. The van der Waals surface area contributed by atoms with E-state index in [9.17, 15) is 18.3 Å². The summed E-state index contributed by atoms with van der Waals surface area (Å²) in [5.41, 5.74) is 1.05. The van der Waals surface area contributed by atoms with Crippen LogP contribution in [0.1, 0.15) is 30.1 Å². The summed E-state index contributed by atoms with van der Waals surface area (Å²) < 4.78 is 28.8. The summed E-state index contributed by atoms with van der Waals surface area (Å²) in [4.78, 5) is 13.4. The molecule has 0 bridgehead atoms. The third kappa shape index (κ3) is 4.21. The maximum Gasteiger partial charge on any atom is 0.335 e. The summed E-state index contributed by atoms with van der Waals surface area (Å²) in [7, 11) is -3.79. The van der Waals surface area contributed by atoms with E-state index in [2.05, 4.69) is 32.5 Å². The van der Waals surface area contributed by atoms with Gasteiger partial charge in [-0.15, -0.1) is 11.3 Å². The van der Waals surface area contributed by atoms with Crippen molar-refractivity contribution < 1.29 is 18.3 Å². The maximum atomic E-state index is 12.7. The Hall–Kier alpha value is -1.58. The summed E-state index contributed by atoms with van der Waals surface area (Å²) in [6.07, 6.45) is 2.04. The number of piperidine rings is 1. The molecule has 1 saturated heterocycles. The number of hydrogen-bond donors (Lipinski definition) is 2. The first-order valence-electron chi connectivity index (χ1n) is 8.17. The molecule has 0 aliphatic carbocycles. The van der Waals surface area contributed by atoms with E-state index in [0.29, 0.717) is 21.1 Å². The van der Waals surface area contributed by atoms with Crippen LogP contribution in [0.4, 0.5) is 11.4 Å². The van der Waals surface area contributed by atoms with Gasteiger partial charge >= 0.3 is 5.97 Å². The lowest BCUT2D eigenvalue weighted by Crippen LogP contribution is -2.33. The number of hydrogen-bond acceptors (Lipinski definition) is 5. The number of rotatable bonds is 5. The van der Waals surface area contributed by atoms with Gasteiger partial charge in [-0.1, -0.05) is 6.92 Å². The summed E-state index contributed by atoms with van der Waals surface area (Å²) in [5.74, 6) is -0.462. The Bertz CT molecular complexity index is 919. The molecular weight excluding hydrogens is 440 g/mol. The monoisotopic (exact) mass is 458 g/mol. The minimum atomic E-state index is -3.79. The molecule has 6 nitrogen and oxygen atoms in total. The summed E-state index contributed by atoms with van der Waals surface area (Å²) in [5, 5.41) is 9.27. The van der Waals surface area contributed by atoms with Gasteiger partial charge in [0.25, 0.3) is 10.0 Å². The molecule has 1 aliphatic heterocycles. The lowest BCUT2D eigenvalue weighted by Gasteiger charge is -2.33. The van der Waals surface area contributed by atoms with Gasteiger partial charge in [0.1, 0.15) is 4.21 Å². The lowest BCUT2D eigenvalue weighted by molar-refractivity contribution is 0.0697. The van der Waals surface area contributed by atoms with E-state index in [1.165, 1.54) is 18.2 Å². The Morgan fingerprint density at radius 3 is 2.54 bits per heavy atom. The van der Waals surface area contributed by atoms with Gasteiger partial charge in [0, 0.05) is 13.1 Å². The Kier molecular flexibility index (Phi) is 5.59. The fourth-order valence-electron chi connectivity index (χ4n) is 2.91. The normalized spacial score (nSPS) is 15.8. The van der Waals surface area contributed by atoms with Gasteiger partial charge in [-0.25, -0.2) is 13.2 Å². The van der Waals surface area contributed by atoms with Gasteiger partial charge in [0.05, 0.1) is 20.7 Å². The fourth-order valence-corrected chi connectivity index (χ4v) is 5.99. The van der Waals surface area contributed by atoms with E-state index >= 15 is 0 Å². The van der Waals surface area contributed by atoms with Crippen LogP contribution in [0.3, 0.4) is 0 Å². The van der Waals surface area contributed by atoms with Crippen molar-refractivity contribution >= 4 is 54.6 Å². The first-order chi connectivity index (χ1) is 12.3. The molecule has 0 unspecified atom stereocenters. The smallest absolute Gasteiger partial charge is 0.335 e. The fraction of sp³-hybridized carbons (Fsp3) is 0.353. The van der Waals surface area contributed by atoms with Crippen molar-refractivity contribution in [2.45, 2.75) is 24.0 Å². The lowest BCUT2D eigenvalue weighted by atomic mass is 9.98. The van der Waals surface area contributed by atoms with Crippen molar-refractivity contribution in [3.63, 3.8) is 0 Å². The van der Waals surface area contributed by atoms with Crippen LogP contribution in [0.2, 0.25) is 0 Å². The summed E-state index contributed by atoms with van der Waals surface area (Å²) in [6, 6.07) is 7.76. The first-order valence-corrected chi connectivity index (χ1v) is 11.3.